The third-order valence-electron chi connectivity index (χ3n) is 3.72. The molecule has 0 fully saturated rings. The molecule has 0 saturated heterocycles. The molecule has 0 radical (unpaired) electrons. The highest BCUT2D eigenvalue weighted by atomic mass is 28.2. The molecular weight excluding hydrogens is 268 g/mol. The molecule has 0 rings (SSSR count). The number of carbonyl (C=O) groups is 1. The lowest BCUT2D eigenvalue weighted by molar-refractivity contribution is -0.137. The third kappa shape index (κ3) is 14.1. The molecule has 0 heterocycles. The van der Waals surface area contributed by atoms with Gasteiger partial charge in [0, 0.05) is 12.5 Å². The first-order valence-electron chi connectivity index (χ1n) is 8.54. The van der Waals surface area contributed by atoms with Gasteiger partial charge in [0.05, 0.1) is 0 Å². The van der Waals surface area contributed by atoms with Crippen molar-refractivity contribution >= 4 is 15.7 Å². The second kappa shape index (κ2) is 15.0. The average molecular weight is 303 g/mol. The molecule has 0 aliphatic rings. The molecule has 0 saturated carbocycles. The second-order valence-electron chi connectivity index (χ2n) is 5.66. The van der Waals surface area contributed by atoms with Gasteiger partial charge >= 0.3 is 5.97 Å². The quantitative estimate of drug-likeness (QED) is 0.362. The lowest BCUT2D eigenvalue weighted by Gasteiger charge is -2.16. The zero-order valence-electron chi connectivity index (χ0n) is 13.5. The molecule has 3 nitrogen and oxygen atoms in total. The molecule has 0 aromatic rings. The van der Waals surface area contributed by atoms with Gasteiger partial charge in [-0.15, -0.1) is 0 Å². The minimum atomic E-state index is -0.667. The van der Waals surface area contributed by atoms with Gasteiger partial charge in [-0.05, 0) is 25.3 Å². The van der Waals surface area contributed by atoms with Crippen molar-refractivity contribution < 1.29 is 14.3 Å². The molecule has 0 spiro atoms. The van der Waals surface area contributed by atoms with E-state index in [0.717, 1.165) is 19.3 Å². The fraction of sp³-hybridized carbons (Fsp3) is 0.938. The van der Waals surface area contributed by atoms with E-state index in [4.69, 9.17) is 9.53 Å². The van der Waals surface area contributed by atoms with Gasteiger partial charge in [0.25, 0.3) is 0 Å². The number of rotatable bonds is 15. The Balaban J connectivity index is 3.26. The SMILES string of the molecule is CCCCCC(CC)O[SiH2]CCCCCCCC(=O)O. The van der Waals surface area contributed by atoms with Crippen molar-refractivity contribution in [3.05, 3.63) is 0 Å². The molecule has 0 amide bonds. The van der Waals surface area contributed by atoms with Crippen LogP contribution in [0.15, 0.2) is 0 Å². The van der Waals surface area contributed by atoms with Crippen molar-refractivity contribution in [1.82, 2.24) is 0 Å². The standard InChI is InChI=1S/C16H34O3Si/c1-3-5-9-12-15(4-2)19-20-14-11-8-6-7-10-13-16(17)18/h15H,3-14,20H2,1-2H3,(H,17,18). The number of hydrogen-bond acceptors (Lipinski definition) is 2. The van der Waals surface area contributed by atoms with Crippen LogP contribution < -0.4 is 0 Å². The predicted molar refractivity (Wildman–Crippen MR) is 88.0 cm³/mol. The monoisotopic (exact) mass is 302 g/mol. The molecule has 0 aliphatic carbocycles. The van der Waals surface area contributed by atoms with Crippen molar-refractivity contribution in [3.63, 3.8) is 0 Å². The summed E-state index contributed by atoms with van der Waals surface area (Å²) in [5, 5.41) is 8.53. The van der Waals surface area contributed by atoms with Gasteiger partial charge < -0.3 is 9.53 Å². The van der Waals surface area contributed by atoms with Crippen LogP contribution >= 0.6 is 0 Å². The normalized spacial score (nSPS) is 13.1. The Bertz CT molecular complexity index is 222. The van der Waals surface area contributed by atoms with Crippen molar-refractivity contribution in [2.24, 2.45) is 0 Å². The molecule has 20 heavy (non-hydrogen) atoms. The summed E-state index contributed by atoms with van der Waals surface area (Å²) < 4.78 is 6.06. The summed E-state index contributed by atoms with van der Waals surface area (Å²) in [6.07, 6.45) is 12.8. The van der Waals surface area contributed by atoms with Crippen LogP contribution in [-0.4, -0.2) is 26.9 Å². The van der Waals surface area contributed by atoms with Crippen molar-refractivity contribution in [2.45, 2.75) is 96.6 Å². The highest BCUT2D eigenvalue weighted by Gasteiger charge is 2.05. The van der Waals surface area contributed by atoms with Crippen molar-refractivity contribution in [2.75, 3.05) is 0 Å². The Kier molecular flexibility index (Phi) is 14.8. The number of carboxylic acids is 1. The number of aliphatic carboxylic acids is 1. The summed E-state index contributed by atoms with van der Waals surface area (Å²) in [6, 6.07) is 1.28. The van der Waals surface area contributed by atoms with E-state index in [1.165, 1.54) is 51.0 Å². The summed E-state index contributed by atoms with van der Waals surface area (Å²) in [5.41, 5.74) is 0. The van der Waals surface area contributed by atoms with Crippen LogP contribution in [0, 0.1) is 0 Å². The lowest BCUT2D eigenvalue weighted by atomic mass is 10.1. The highest BCUT2D eigenvalue weighted by molar-refractivity contribution is 6.27. The highest BCUT2D eigenvalue weighted by Crippen LogP contribution is 2.11. The van der Waals surface area contributed by atoms with Crippen LogP contribution in [0.3, 0.4) is 0 Å². The van der Waals surface area contributed by atoms with Crippen LogP contribution in [0.2, 0.25) is 6.04 Å². The first-order chi connectivity index (χ1) is 9.70. The molecule has 4 heteroatoms. The number of unbranched alkanes of at least 4 members (excludes halogenated alkanes) is 6. The van der Waals surface area contributed by atoms with Crippen LogP contribution in [-0.2, 0) is 9.22 Å². The second-order valence-corrected chi connectivity index (χ2v) is 7.11. The van der Waals surface area contributed by atoms with Gasteiger partial charge in [-0.1, -0.05) is 58.8 Å². The molecular formula is C16H34O3Si. The Morgan fingerprint density at radius 1 is 1.05 bits per heavy atom. The minimum Gasteiger partial charge on any atom is -0.481 e. The maximum atomic E-state index is 10.3. The maximum Gasteiger partial charge on any atom is 0.303 e. The Morgan fingerprint density at radius 2 is 1.75 bits per heavy atom. The molecule has 0 bridgehead atoms. The van der Waals surface area contributed by atoms with E-state index in [1.807, 2.05) is 0 Å². The summed E-state index contributed by atoms with van der Waals surface area (Å²) >= 11 is 0. The summed E-state index contributed by atoms with van der Waals surface area (Å²) in [6.45, 7) is 4.47. The summed E-state index contributed by atoms with van der Waals surface area (Å²) in [4.78, 5) is 10.3. The Morgan fingerprint density at radius 3 is 2.40 bits per heavy atom. The lowest BCUT2D eigenvalue weighted by Crippen LogP contribution is -2.14. The van der Waals surface area contributed by atoms with E-state index in [1.54, 1.807) is 0 Å². The van der Waals surface area contributed by atoms with Gasteiger partial charge in [-0.25, -0.2) is 0 Å². The maximum absolute atomic E-state index is 10.3. The zero-order valence-corrected chi connectivity index (χ0v) is 14.9. The average Bonchev–Trinajstić information content (AvgIpc) is 2.43. The summed E-state index contributed by atoms with van der Waals surface area (Å²) in [7, 11) is -0.328. The number of carboxylic acid groups (broad SMARTS) is 1. The molecule has 0 aliphatic heterocycles. The van der Waals surface area contributed by atoms with E-state index in [0.29, 0.717) is 12.5 Å². The Hall–Kier alpha value is -0.353. The van der Waals surface area contributed by atoms with Crippen molar-refractivity contribution in [1.29, 1.82) is 0 Å². The largest absolute Gasteiger partial charge is 0.481 e. The van der Waals surface area contributed by atoms with Gasteiger partial charge in [0.1, 0.15) is 0 Å². The molecule has 0 aromatic carbocycles. The van der Waals surface area contributed by atoms with E-state index in [2.05, 4.69) is 13.8 Å². The third-order valence-corrected chi connectivity index (χ3v) is 5.22. The van der Waals surface area contributed by atoms with Crippen LogP contribution in [0.1, 0.15) is 84.5 Å². The first kappa shape index (κ1) is 19.6. The van der Waals surface area contributed by atoms with Crippen LogP contribution in [0.25, 0.3) is 0 Å². The molecule has 120 valence electrons. The zero-order chi connectivity index (χ0) is 15.1. The van der Waals surface area contributed by atoms with E-state index >= 15 is 0 Å². The molecule has 1 unspecified atom stereocenters. The summed E-state index contributed by atoms with van der Waals surface area (Å²) in [5.74, 6) is -0.667. The molecule has 0 aromatic heterocycles. The van der Waals surface area contributed by atoms with E-state index in [9.17, 15) is 4.79 Å². The smallest absolute Gasteiger partial charge is 0.303 e. The van der Waals surface area contributed by atoms with Gasteiger partial charge in [0.2, 0.25) is 0 Å². The predicted octanol–water partition coefficient (Wildman–Crippen LogP) is 4.29. The van der Waals surface area contributed by atoms with Gasteiger partial charge in [-0.2, -0.15) is 0 Å². The fourth-order valence-electron chi connectivity index (χ4n) is 2.36. The van der Waals surface area contributed by atoms with E-state index in [-0.39, 0.29) is 9.76 Å². The minimum absolute atomic E-state index is 0.327. The van der Waals surface area contributed by atoms with Gasteiger partial charge in [0.15, 0.2) is 9.76 Å². The molecule has 1 N–H and O–H groups in total. The van der Waals surface area contributed by atoms with E-state index < -0.39 is 5.97 Å². The Labute approximate surface area is 127 Å². The van der Waals surface area contributed by atoms with Crippen LogP contribution in [0.5, 0.6) is 0 Å². The fourth-order valence-corrected chi connectivity index (χ4v) is 3.82. The number of hydrogen-bond donors (Lipinski definition) is 1. The van der Waals surface area contributed by atoms with Gasteiger partial charge in [-0.3, -0.25) is 4.79 Å². The van der Waals surface area contributed by atoms with Crippen LogP contribution in [0.4, 0.5) is 0 Å². The molecule has 1 atom stereocenters. The topological polar surface area (TPSA) is 46.5 Å². The first-order valence-corrected chi connectivity index (χ1v) is 10.1. The van der Waals surface area contributed by atoms with Crippen molar-refractivity contribution in [3.8, 4) is 0 Å².